The fourth-order valence-corrected chi connectivity index (χ4v) is 4.50. The molecular weight excluding hydrogens is 306 g/mol. The predicted octanol–water partition coefficient (Wildman–Crippen LogP) is 3.33. The number of benzene rings is 1. The van der Waals surface area contributed by atoms with E-state index >= 15 is 0 Å². The van der Waals surface area contributed by atoms with Crippen LogP contribution in [0.3, 0.4) is 0 Å². The highest BCUT2D eigenvalue weighted by Crippen LogP contribution is 2.57. The van der Waals surface area contributed by atoms with Crippen molar-refractivity contribution in [3.63, 3.8) is 0 Å². The quantitative estimate of drug-likeness (QED) is 0.831. The van der Waals surface area contributed by atoms with Crippen LogP contribution in [0.5, 0.6) is 5.75 Å². The van der Waals surface area contributed by atoms with Gasteiger partial charge in [0, 0.05) is 5.69 Å². The monoisotopic (exact) mass is 329 g/mol. The maximum Gasteiger partial charge on any atom is 0.307 e. The van der Waals surface area contributed by atoms with Crippen molar-refractivity contribution in [2.45, 2.75) is 26.7 Å². The molecule has 2 aliphatic carbocycles. The summed E-state index contributed by atoms with van der Waals surface area (Å²) in [5, 5.41) is 12.6. The topological polar surface area (TPSA) is 75.6 Å². The molecule has 2 fully saturated rings. The van der Waals surface area contributed by atoms with Gasteiger partial charge in [0.1, 0.15) is 5.75 Å². The van der Waals surface area contributed by atoms with Crippen molar-refractivity contribution in [3.05, 3.63) is 35.4 Å². The number of carboxylic acids is 1. The molecule has 0 radical (unpaired) electrons. The van der Waals surface area contributed by atoms with E-state index in [1.165, 1.54) is 5.57 Å². The van der Waals surface area contributed by atoms with Crippen LogP contribution in [0.2, 0.25) is 0 Å². The van der Waals surface area contributed by atoms with Gasteiger partial charge in [-0.1, -0.05) is 11.1 Å². The minimum atomic E-state index is -0.865. The van der Waals surface area contributed by atoms with E-state index in [-0.39, 0.29) is 17.7 Å². The number of carboxylic acid groups (broad SMARTS) is 1. The molecule has 5 heteroatoms. The second-order valence-electron chi connectivity index (χ2n) is 6.85. The van der Waals surface area contributed by atoms with Crippen LogP contribution in [0.25, 0.3) is 0 Å². The summed E-state index contributed by atoms with van der Waals surface area (Å²) in [6.45, 7) is 4.03. The van der Waals surface area contributed by atoms with E-state index in [0.717, 1.165) is 18.4 Å². The Kier molecular flexibility index (Phi) is 4.35. The Balaban J connectivity index is 1.85. The summed E-state index contributed by atoms with van der Waals surface area (Å²) >= 11 is 0. The van der Waals surface area contributed by atoms with Gasteiger partial charge >= 0.3 is 5.97 Å². The van der Waals surface area contributed by atoms with E-state index in [4.69, 9.17) is 4.74 Å². The van der Waals surface area contributed by atoms with Crippen molar-refractivity contribution in [1.29, 1.82) is 0 Å². The smallest absolute Gasteiger partial charge is 0.307 e. The van der Waals surface area contributed by atoms with Crippen LogP contribution in [0.1, 0.15) is 26.7 Å². The van der Waals surface area contributed by atoms with E-state index < -0.39 is 17.8 Å². The Morgan fingerprint density at radius 3 is 2.17 bits per heavy atom. The van der Waals surface area contributed by atoms with E-state index in [0.29, 0.717) is 11.4 Å². The van der Waals surface area contributed by atoms with Gasteiger partial charge in [-0.15, -0.1) is 0 Å². The van der Waals surface area contributed by atoms with Gasteiger partial charge in [-0.3, -0.25) is 9.59 Å². The van der Waals surface area contributed by atoms with Gasteiger partial charge in [0.15, 0.2) is 0 Å². The first kappa shape index (κ1) is 16.6. The molecule has 0 spiro atoms. The average molecular weight is 329 g/mol. The summed E-state index contributed by atoms with van der Waals surface area (Å²) in [4.78, 5) is 24.6. The fourth-order valence-electron chi connectivity index (χ4n) is 4.50. The van der Waals surface area contributed by atoms with Gasteiger partial charge < -0.3 is 15.2 Å². The molecule has 0 saturated heterocycles. The molecule has 0 aliphatic heterocycles. The molecule has 24 heavy (non-hydrogen) atoms. The maximum atomic E-state index is 12.8. The van der Waals surface area contributed by atoms with Gasteiger partial charge in [0.25, 0.3) is 0 Å². The lowest BCUT2D eigenvalue weighted by Gasteiger charge is -2.26. The van der Waals surface area contributed by atoms with Crippen LogP contribution >= 0.6 is 0 Å². The molecule has 1 amide bonds. The molecule has 3 rings (SSSR count). The number of ether oxygens (including phenoxy) is 1. The second-order valence-corrected chi connectivity index (χ2v) is 6.85. The number of amides is 1. The number of aliphatic carboxylic acids is 1. The minimum Gasteiger partial charge on any atom is -0.497 e. The third-order valence-corrected chi connectivity index (χ3v) is 5.36. The van der Waals surface area contributed by atoms with E-state index in [1.807, 2.05) is 13.8 Å². The maximum absolute atomic E-state index is 12.8. The Bertz CT molecular complexity index is 688. The largest absolute Gasteiger partial charge is 0.497 e. The van der Waals surface area contributed by atoms with Crippen molar-refractivity contribution < 1.29 is 19.4 Å². The van der Waals surface area contributed by atoms with Gasteiger partial charge in [-0.05, 0) is 62.8 Å². The Morgan fingerprint density at radius 1 is 1.08 bits per heavy atom. The fraction of sp³-hybridized carbons (Fsp3) is 0.474. The van der Waals surface area contributed by atoms with Crippen LogP contribution < -0.4 is 10.1 Å². The van der Waals surface area contributed by atoms with Crippen molar-refractivity contribution in [1.82, 2.24) is 0 Å². The molecule has 0 unspecified atom stereocenters. The number of nitrogens with one attached hydrogen (secondary N) is 1. The standard InChI is InChI=1S/C19H23NO4/c1-10(2)15-13-8-9-14(15)17(19(22)23)16(13)18(21)20-11-4-6-12(24-3)7-5-11/h4-7,13-14,16-17H,8-9H2,1-3H3,(H,20,21)(H,22,23)/t13-,14+,16-,17+/m1/s1. The molecule has 2 saturated carbocycles. The van der Waals surface area contributed by atoms with Crippen LogP contribution in [0, 0.1) is 23.7 Å². The molecule has 0 aromatic heterocycles. The number of methoxy groups -OCH3 is 1. The zero-order valence-electron chi connectivity index (χ0n) is 14.2. The SMILES string of the molecule is COc1ccc(NC(=O)[C@H]2[C@@H](C(=O)O)[C@H]3CC[C@@H]2C3=C(C)C)cc1. The third-order valence-electron chi connectivity index (χ3n) is 5.36. The zero-order valence-corrected chi connectivity index (χ0v) is 14.2. The molecular formula is C19H23NO4. The number of hydrogen-bond donors (Lipinski definition) is 2. The summed E-state index contributed by atoms with van der Waals surface area (Å²) in [5.74, 6) is -1.40. The lowest BCUT2D eigenvalue weighted by Crippen LogP contribution is -2.37. The Labute approximate surface area is 141 Å². The molecule has 5 nitrogen and oxygen atoms in total. The highest BCUT2D eigenvalue weighted by molar-refractivity contribution is 5.96. The highest BCUT2D eigenvalue weighted by atomic mass is 16.5. The van der Waals surface area contributed by atoms with Crippen molar-refractivity contribution in [2.24, 2.45) is 23.7 Å². The molecule has 1 aromatic rings. The molecule has 4 atom stereocenters. The van der Waals surface area contributed by atoms with E-state index in [2.05, 4.69) is 5.32 Å². The number of anilines is 1. The first-order chi connectivity index (χ1) is 11.4. The van der Waals surface area contributed by atoms with Crippen molar-refractivity contribution in [3.8, 4) is 5.75 Å². The van der Waals surface area contributed by atoms with Crippen LogP contribution in [-0.2, 0) is 9.59 Å². The summed E-state index contributed by atoms with van der Waals surface area (Å²) in [6.07, 6.45) is 1.77. The summed E-state index contributed by atoms with van der Waals surface area (Å²) < 4.78 is 5.11. The molecule has 0 heterocycles. The van der Waals surface area contributed by atoms with E-state index in [1.54, 1.807) is 31.4 Å². The second kappa shape index (κ2) is 6.30. The molecule has 2 N–H and O–H groups in total. The predicted molar refractivity (Wildman–Crippen MR) is 90.8 cm³/mol. The van der Waals surface area contributed by atoms with Gasteiger partial charge in [-0.25, -0.2) is 0 Å². The lowest BCUT2D eigenvalue weighted by molar-refractivity contribution is -0.148. The molecule has 128 valence electrons. The Morgan fingerprint density at radius 2 is 1.67 bits per heavy atom. The van der Waals surface area contributed by atoms with Gasteiger partial charge in [0.05, 0.1) is 18.9 Å². The first-order valence-corrected chi connectivity index (χ1v) is 8.29. The van der Waals surface area contributed by atoms with Crippen molar-refractivity contribution >= 4 is 17.6 Å². The van der Waals surface area contributed by atoms with Crippen LogP contribution in [-0.4, -0.2) is 24.1 Å². The third kappa shape index (κ3) is 2.68. The number of carbonyl (C=O) groups is 2. The zero-order chi connectivity index (χ0) is 17.4. The lowest BCUT2D eigenvalue weighted by atomic mass is 9.78. The number of fused-ring (bicyclic) bond motifs is 2. The number of allylic oxidation sites excluding steroid dienone is 2. The first-order valence-electron chi connectivity index (χ1n) is 8.29. The Hall–Kier alpha value is -2.30. The number of carbonyl (C=O) groups excluding carboxylic acids is 1. The van der Waals surface area contributed by atoms with Crippen molar-refractivity contribution in [2.75, 3.05) is 12.4 Å². The molecule has 1 aromatic carbocycles. The summed E-state index contributed by atoms with van der Waals surface area (Å²) in [6, 6.07) is 7.07. The molecule has 2 bridgehead atoms. The van der Waals surface area contributed by atoms with E-state index in [9.17, 15) is 14.7 Å². The molecule has 2 aliphatic rings. The highest BCUT2D eigenvalue weighted by Gasteiger charge is 2.57. The normalized spacial score (nSPS) is 27.9. The summed E-state index contributed by atoms with van der Waals surface area (Å²) in [7, 11) is 1.58. The summed E-state index contributed by atoms with van der Waals surface area (Å²) in [5.41, 5.74) is 3.01. The average Bonchev–Trinajstić information content (AvgIpc) is 3.11. The van der Waals surface area contributed by atoms with Gasteiger partial charge in [-0.2, -0.15) is 0 Å². The number of rotatable bonds is 4. The number of hydrogen-bond acceptors (Lipinski definition) is 3. The van der Waals surface area contributed by atoms with Crippen LogP contribution in [0.4, 0.5) is 5.69 Å². The minimum absolute atomic E-state index is 0.00381. The van der Waals surface area contributed by atoms with Gasteiger partial charge in [0.2, 0.25) is 5.91 Å². The van der Waals surface area contributed by atoms with Crippen LogP contribution in [0.15, 0.2) is 35.4 Å².